The van der Waals surface area contributed by atoms with Gasteiger partial charge in [0.15, 0.2) is 0 Å². The van der Waals surface area contributed by atoms with Crippen LogP contribution in [0, 0.1) is 5.82 Å². The molecule has 1 saturated heterocycles. The number of carbonyl (C=O) groups is 2. The van der Waals surface area contributed by atoms with Gasteiger partial charge in [0.25, 0.3) is 0 Å². The van der Waals surface area contributed by atoms with Gasteiger partial charge in [-0.05, 0) is 29.8 Å². The Balaban J connectivity index is 1.35. The van der Waals surface area contributed by atoms with Crippen LogP contribution in [0.25, 0.3) is 0 Å². The predicted molar refractivity (Wildman–Crippen MR) is 109 cm³/mol. The number of rotatable bonds is 6. The molecule has 1 aliphatic heterocycles. The molecule has 0 radical (unpaired) electrons. The van der Waals surface area contributed by atoms with Gasteiger partial charge in [-0.2, -0.15) is 0 Å². The molecule has 154 valence electrons. The first-order chi connectivity index (χ1) is 14.0. The quantitative estimate of drug-likeness (QED) is 0.732. The van der Waals surface area contributed by atoms with E-state index in [0.717, 1.165) is 5.56 Å². The van der Waals surface area contributed by atoms with Crippen LogP contribution in [-0.4, -0.2) is 61.1 Å². The monoisotopic (exact) mass is 419 g/mol. The molecule has 0 saturated carbocycles. The molecule has 2 aromatic carbocycles. The third-order valence-electron chi connectivity index (χ3n) is 4.63. The molecule has 0 spiro atoms. The largest absolute Gasteiger partial charge is 0.492 e. The fourth-order valence-electron chi connectivity index (χ4n) is 3.04. The molecule has 1 aliphatic rings. The Bertz CT molecular complexity index is 839. The third-order valence-corrected chi connectivity index (χ3v) is 4.88. The highest BCUT2D eigenvalue weighted by atomic mass is 35.5. The van der Waals surface area contributed by atoms with Crippen molar-refractivity contribution in [2.24, 2.45) is 0 Å². The number of urea groups is 1. The van der Waals surface area contributed by atoms with E-state index in [1.54, 1.807) is 34.1 Å². The van der Waals surface area contributed by atoms with Crippen LogP contribution in [0.15, 0.2) is 48.5 Å². The molecule has 1 heterocycles. The van der Waals surface area contributed by atoms with Crippen LogP contribution in [0.5, 0.6) is 5.75 Å². The highest BCUT2D eigenvalue weighted by Gasteiger charge is 2.23. The van der Waals surface area contributed by atoms with Crippen molar-refractivity contribution in [1.82, 2.24) is 15.1 Å². The molecule has 0 unspecified atom stereocenters. The first kappa shape index (κ1) is 20.9. The molecule has 29 heavy (non-hydrogen) atoms. The van der Waals surface area contributed by atoms with E-state index in [1.165, 1.54) is 12.1 Å². The summed E-state index contributed by atoms with van der Waals surface area (Å²) in [5.74, 6) is 0.0953. The molecule has 1 fully saturated rings. The maximum atomic E-state index is 13.1. The van der Waals surface area contributed by atoms with Crippen LogP contribution >= 0.6 is 11.6 Å². The molecule has 0 aliphatic carbocycles. The van der Waals surface area contributed by atoms with Gasteiger partial charge in [-0.1, -0.05) is 29.8 Å². The Kier molecular flexibility index (Phi) is 7.30. The summed E-state index contributed by atoms with van der Waals surface area (Å²) in [5.41, 5.74) is 0.915. The summed E-state index contributed by atoms with van der Waals surface area (Å²) in [5, 5.41) is 3.42. The van der Waals surface area contributed by atoms with Gasteiger partial charge in [0, 0.05) is 37.3 Å². The lowest BCUT2D eigenvalue weighted by Gasteiger charge is -2.34. The first-order valence-corrected chi connectivity index (χ1v) is 9.82. The van der Waals surface area contributed by atoms with Crippen molar-refractivity contribution < 1.29 is 18.7 Å². The lowest BCUT2D eigenvalue weighted by atomic mass is 10.1. The minimum absolute atomic E-state index is 0.0378. The zero-order valence-electron chi connectivity index (χ0n) is 15.9. The van der Waals surface area contributed by atoms with Crippen molar-refractivity contribution in [3.63, 3.8) is 0 Å². The molecule has 6 nitrogen and oxygen atoms in total. The fraction of sp³-hybridized carbons (Fsp3) is 0.333. The molecule has 1 N–H and O–H groups in total. The highest BCUT2D eigenvalue weighted by Crippen LogP contribution is 2.13. The van der Waals surface area contributed by atoms with Crippen molar-refractivity contribution in [3.8, 4) is 5.75 Å². The minimum Gasteiger partial charge on any atom is -0.492 e. The van der Waals surface area contributed by atoms with Gasteiger partial charge in [0.05, 0.1) is 13.0 Å². The van der Waals surface area contributed by atoms with Crippen LogP contribution in [0.1, 0.15) is 5.56 Å². The first-order valence-electron chi connectivity index (χ1n) is 9.44. The van der Waals surface area contributed by atoms with Crippen LogP contribution in [0.4, 0.5) is 9.18 Å². The summed E-state index contributed by atoms with van der Waals surface area (Å²) >= 11 is 5.86. The Morgan fingerprint density at radius 1 is 1.03 bits per heavy atom. The Labute approximate surface area is 174 Å². The fourth-order valence-corrected chi connectivity index (χ4v) is 3.17. The maximum absolute atomic E-state index is 13.1. The summed E-state index contributed by atoms with van der Waals surface area (Å²) in [4.78, 5) is 28.1. The molecule has 3 amide bonds. The Hall–Kier alpha value is -2.80. The molecule has 0 atom stereocenters. The lowest BCUT2D eigenvalue weighted by molar-refractivity contribution is -0.131. The van der Waals surface area contributed by atoms with E-state index >= 15 is 0 Å². The van der Waals surface area contributed by atoms with E-state index in [2.05, 4.69) is 5.32 Å². The Morgan fingerprint density at radius 2 is 1.72 bits per heavy atom. The second-order valence-corrected chi connectivity index (χ2v) is 7.15. The van der Waals surface area contributed by atoms with Crippen molar-refractivity contribution in [2.45, 2.75) is 6.42 Å². The van der Waals surface area contributed by atoms with Gasteiger partial charge in [-0.15, -0.1) is 0 Å². The number of nitrogens with one attached hydrogen (secondary N) is 1. The van der Waals surface area contributed by atoms with Gasteiger partial charge >= 0.3 is 6.03 Å². The zero-order valence-corrected chi connectivity index (χ0v) is 16.7. The number of ether oxygens (including phenoxy) is 1. The molecule has 0 aromatic heterocycles. The maximum Gasteiger partial charge on any atom is 0.317 e. The smallest absolute Gasteiger partial charge is 0.317 e. The van der Waals surface area contributed by atoms with Gasteiger partial charge in [0.2, 0.25) is 5.91 Å². The van der Waals surface area contributed by atoms with Crippen LogP contribution in [0.3, 0.4) is 0 Å². The normalized spacial score (nSPS) is 13.9. The van der Waals surface area contributed by atoms with Gasteiger partial charge in [-0.25, -0.2) is 9.18 Å². The number of benzene rings is 2. The SMILES string of the molecule is O=C(Cc1ccc(Cl)cc1)N1CCN(C(=O)NCCOc2cccc(F)c2)CC1. The summed E-state index contributed by atoms with van der Waals surface area (Å²) in [6.07, 6.45) is 0.320. The van der Waals surface area contributed by atoms with E-state index < -0.39 is 0 Å². The van der Waals surface area contributed by atoms with Crippen LogP contribution in [0.2, 0.25) is 5.02 Å². The summed E-state index contributed by atoms with van der Waals surface area (Å²) in [6.45, 7) is 2.50. The third kappa shape index (κ3) is 6.35. The van der Waals surface area contributed by atoms with Gasteiger partial charge in [-0.3, -0.25) is 4.79 Å². The lowest BCUT2D eigenvalue weighted by Crippen LogP contribution is -2.53. The van der Waals surface area contributed by atoms with Crippen molar-refractivity contribution in [1.29, 1.82) is 0 Å². The second kappa shape index (κ2) is 10.1. The van der Waals surface area contributed by atoms with Gasteiger partial charge < -0.3 is 19.9 Å². The molecule has 8 heteroatoms. The molecule has 0 bridgehead atoms. The molecular formula is C21H23ClFN3O3. The average Bonchev–Trinajstić information content (AvgIpc) is 2.73. The number of nitrogens with zero attached hydrogens (tertiary/aromatic N) is 2. The number of piperazine rings is 1. The highest BCUT2D eigenvalue weighted by molar-refractivity contribution is 6.30. The Morgan fingerprint density at radius 3 is 2.41 bits per heavy atom. The molecular weight excluding hydrogens is 397 g/mol. The van der Waals surface area contributed by atoms with E-state index in [0.29, 0.717) is 49.9 Å². The molecule has 2 aromatic rings. The number of hydrogen-bond donors (Lipinski definition) is 1. The predicted octanol–water partition coefficient (Wildman–Crippen LogP) is 2.95. The van der Waals surface area contributed by atoms with Gasteiger partial charge in [0.1, 0.15) is 18.2 Å². The number of halogens is 2. The standard InChI is InChI=1S/C21H23ClFN3O3/c22-17-6-4-16(5-7-17)14-20(27)25-9-11-26(12-10-25)21(28)24-8-13-29-19-3-1-2-18(23)15-19/h1-7,15H,8-14H2,(H,24,28). The van der Waals surface area contributed by atoms with E-state index in [9.17, 15) is 14.0 Å². The van der Waals surface area contributed by atoms with Crippen LogP contribution < -0.4 is 10.1 Å². The number of carbonyl (C=O) groups excluding carboxylic acids is 2. The number of hydrogen-bond acceptors (Lipinski definition) is 3. The van der Waals surface area contributed by atoms with Crippen LogP contribution in [-0.2, 0) is 11.2 Å². The second-order valence-electron chi connectivity index (χ2n) is 6.71. The topological polar surface area (TPSA) is 61.9 Å². The van der Waals surface area contributed by atoms with Crippen molar-refractivity contribution in [2.75, 3.05) is 39.3 Å². The van der Waals surface area contributed by atoms with E-state index in [4.69, 9.17) is 16.3 Å². The number of amides is 3. The van der Waals surface area contributed by atoms with Crippen molar-refractivity contribution in [3.05, 3.63) is 64.9 Å². The minimum atomic E-state index is -0.366. The van der Waals surface area contributed by atoms with E-state index in [1.807, 2.05) is 12.1 Å². The average molecular weight is 420 g/mol. The molecule has 3 rings (SSSR count). The summed E-state index contributed by atoms with van der Waals surface area (Å²) < 4.78 is 18.5. The van der Waals surface area contributed by atoms with Crippen molar-refractivity contribution >= 4 is 23.5 Å². The summed E-state index contributed by atoms with van der Waals surface area (Å²) in [6, 6.07) is 12.9. The zero-order chi connectivity index (χ0) is 20.6. The van der Waals surface area contributed by atoms with E-state index in [-0.39, 0.29) is 24.4 Å². The summed E-state index contributed by atoms with van der Waals surface area (Å²) in [7, 11) is 0.